The first-order valence-corrected chi connectivity index (χ1v) is 8.25. The molecule has 0 saturated heterocycles. The normalized spacial score (nSPS) is 15.3. The van der Waals surface area contributed by atoms with Gasteiger partial charge in [-0.2, -0.15) is 0 Å². The van der Waals surface area contributed by atoms with Crippen LogP contribution in [0.2, 0.25) is 0 Å². The van der Waals surface area contributed by atoms with Gasteiger partial charge in [-0.05, 0) is 31.9 Å². The van der Waals surface area contributed by atoms with Crippen LogP contribution in [0.25, 0.3) is 0 Å². The van der Waals surface area contributed by atoms with E-state index in [1.54, 1.807) is 19.1 Å². The SMILES string of the molecule is CCOC(=O)C1(N(Cc2ccc(Br)cc2F)C(=O)CCl)CC1. The van der Waals surface area contributed by atoms with Crippen LogP contribution in [0.15, 0.2) is 22.7 Å². The van der Waals surface area contributed by atoms with Gasteiger partial charge in [0.05, 0.1) is 6.61 Å². The molecular formula is C15H16BrClFNO3. The monoisotopic (exact) mass is 391 g/mol. The van der Waals surface area contributed by atoms with Crippen molar-refractivity contribution in [1.82, 2.24) is 4.90 Å². The van der Waals surface area contributed by atoms with Crippen LogP contribution < -0.4 is 0 Å². The summed E-state index contributed by atoms with van der Waals surface area (Å²) in [5.74, 6) is -1.57. The molecule has 1 aromatic carbocycles. The predicted molar refractivity (Wildman–Crippen MR) is 84.0 cm³/mol. The van der Waals surface area contributed by atoms with E-state index in [2.05, 4.69) is 15.9 Å². The lowest BCUT2D eigenvalue weighted by Crippen LogP contribution is -2.48. The van der Waals surface area contributed by atoms with E-state index in [0.29, 0.717) is 22.9 Å². The number of hydrogen-bond donors (Lipinski definition) is 0. The van der Waals surface area contributed by atoms with E-state index < -0.39 is 23.2 Å². The van der Waals surface area contributed by atoms with E-state index in [1.807, 2.05) is 0 Å². The van der Waals surface area contributed by atoms with Crippen molar-refractivity contribution >= 4 is 39.4 Å². The number of halogens is 3. The largest absolute Gasteiger partial charge is 0.464 e. The number of benzene rings is 1. The second-order valence-corrected chi connectivity index (χ2v) is 6.28. The molecule has 0 aliphatic heterocycles. The number of ether oxygens (including phenoxy) is 1. The molecule has 7 heteroatoms. The smallest absolute Gasteiger partial charge is 0.332 e. The molecule has 0 aromatic heterocycles. The van der Waals surface area contributed by atoms with Gasteiger partial charge in [0.1, 0.15) is 17.2 Å². The summed E-state index contributed by atoms with van der Waals surface area (Å²) in [4.78, 5) is 25.6. The molecule has 0 unspecified atom stereocenters. The highest BCUT2D eigenvalue weighted by Gasteiger charge is 2.57. The number of carbonyl (C=O) groups excluding carboxylic acids is 2. The summed E-state index contributed by atoms with van der Waals surface area (Å²) in [6, 6.07) is 4.59. The summed E-state index contributed by atoms with van der Waals surface area (Å²) in [7, 11) is 0. The Hall–Kier alpha value is -1.14. The Balaban J connectivity index is 2.28. The van der Waals surface area contributed by atoms with Gasteiger partial charge in [0.25, 0.3) is 0 Å². The van der Waals surface area contributed by atoms with Gasteiger partial charge in [-0.3, -0.25) is 4.79 Å². The van der Waals surface area contributed by atoms with Crippen LogP contribution in [0.4, 0.5) is 4.39 Å². The number of esters is 1. The molecule has 1 aliphatic rings. The summed E-state index contributed by atoms with van der Waals surface area (Å²) in [5, 5.41) is 0. The molecule has 2 rings (SSSR count). The number of carbonyl (C=O) groups is 2. The van der Waals surface area contributed by atoms with Crippen molar-refractivity contribution in [1.29, 1.82) is 0 Å². The Morgan fingerprint density at radius 1 is 1.45 bits per heavy atom. The maximum absolute atomic E-state index is 14.0. The quantitative estimate of drug-likeness (QED) is 0.551. The van der Waals surface area contributed by atoms with Crippen molar-refractivity contribution in [3.8, 4) is 0 Å². The third-order valence-electron chi connectivity index (χ3n) is 3.65. The van der Waals surface area contributed by atoms with Gasteiger partial charge in [-0.1, -0.05) is 22.0 Å². The molecule has 0 spiro atoms. The third kappa shape index (κ3) is 3.43. The van der Waals surface area contributed by atoms with E-state index in [0.717, 1.165) is 0 Å². The Morgan fingerprint density at radius 2 is 2.14 bits per heavy atom. The molecule has 1 saturated carbocycles. The lowest BCUT2D eigenvalue weighted by molar-refractivity contribution is -0.156. The van der Waals surface area contributed by atoms with E-state index in [4.69, 9.17) is 16.3 Å². The summed E-state index contributed by atoms with van der Waals surface area (Å²) in [6.07, 6.45) is 1.01. The fraction of sp³-hybridized carbons (Fsp3) is 0.467. The highest BCUT2D eigenvalue weighted by molar-refractivity contribution is 9.10. The van der Waals surface area contributed by atoms with Crippen molar-refractivity contribution in [2.24, 2.45) is 0 Å². The van der Waals surface area contributed by atoms with E-state index >= 15 is 0 Å². The number of alkyl halides is 1. The van der Waals surface area contributed by atoms with Crippen LogP contribution in [-0.4, -0.2) is 34.8 Å². The summed E-state index contributed by atoms with van der Waals surface area (Å²) >= 11 is 8.83. The second kappa shape index (κ2) is 6.96. The van der Waals surface area contributed by atoms with E-state index in [9.17, 15) is 14.0 Å². The molecule has 1 aliphatic carbocycles. The molecule has 0 bridgehead atoms. The fourth-order valence-corrected chi connectivity index (χ4v) is 2.82. The minimum absolute atomic E-state index is 0.0104. The van der Waals surface area contributed by atoms with Crippen LogP contribution in [0.3, 0.4) is 0 Å². The molecule has 0 N–H and O–H groups in total. The van der Waals surface area contributed by atoms with Gasteiger partial charge < -0.3 is 9.64 Å². The van der Waals surface area contributed by atoms with Gasteiger partial charge >= 0.3 is 5.97 Å². The van der Waals surface area contributed by atoms with E-state index in [-0.39, 0.29) is 19.0 Å². The molecule has 0 atom stereocenters. The molecule has 1 aromatic rings. The predicted octanol–water partition coefficient (Wildman–Crippen LogP) is 3.25. The maximum Gasteiger partial charge on any atom is 0.332 e. The summed E-state index contributed by atoms with van der Waals surface area (Å²) in [6.45, 7) is 1.93. The van der Waals surface area contributed by atoms with Crippen LogP contribution in [0.5, 0.6) is 0 Å². The second-order valence-electron chi connectivity index (χ2n) is 5.10. The standard InChI is InChI=1S/C15H16BrClFNO3/c1-2-22-14(21)15(5-6-15)19(13(20)8-17)9-10-3-4-11(16)7-12(10)18/h3-4,7H,2,5-6,8-9H2,1H3. The molecule has 120 valence electrons. The van der Waals surface area contributed by atoms with Gasteiger partial charge in [0.2, 0.25) is 5.91 Å². The first-order valence-electron chi connectivity index (χ1n) is 6.92. The van der Waals surface area contributed by atoms with E-state index in [1.165, 1.54) is 11.0 Å². The lowest BCUT2D eigenvalue weighted by atomic mass is 10.1. The van der Waals surface area contributed by atoms with Crippen LogP contribution in [0, 0.1) is 5.82 Å². The molecule has 22 heavy (non-hydrogen) atoms. The fourth-order valence-electron chi connectivity index (χ4n) is 2.34. The summed E-state index contributed by atoms with van der Waals surface area (Å²) < 4.78 is 19.7. The van der Waals surface area contributed by atoms with Crippen molar-refractivity contribution in [2.45, 2.75) is 31.8 Å². The lowest BCUT2D eigenvalue weighted by Gasteiger charge is -2.30. The number of hydrogen-bond acceptors (Lipinski definition) is 3. The zero-order chi connectivity index (χ0) is 16.3. The molecule has 0 heterocycles. The van der Waals surface area contributed by atoms with Crippen LogP contribution in [-0.2, 0) is 20.9 Å². The van der Waals surface area contributed by atoms with Gasteiger partial charge in [-0.15, -0.1) is 11.6 Å². The Morgan fingerprint density at radius 3 is 2.64 bits per heavy atom. The van der Waals surface area contributed by atoms with Crippen LogP contribution >= 0.6 is 27.5 Å². The number of amides is 1. The highest BCUT2D eigenvalue weighted by atomic mass is 79.9. The Kier molecular flexibility index (Phi) is 5.45. The van der Waals surface area contributed by atoms with Crippen molar-refractivity contribution in [3.05, 3.63) is 34.1 Å². The first-order chi connectivity index (χ1) is 10.4. The van der Waals surface area contributed by atoms with Gasteiger partial charge in [0.15, 0.2) is 0 Å². The number of nitrogens with zero attached hydrogens (tertiary/aromatic N) is 1. The zero-order valence-electron chi connectivity index (χ0n) is 12.1. The topological polar surface area (TPSA) is 46.6 Å². The zero-order valence-corrected chi connectivity index (χ0v) is 14.4. The highest BCUT2D eigenvalue weighted by Crippen LogP contribution is 2.44. The molecular weight excluding hydrogens is 377 g/mol. The van der Waals surface area contributed by atoms with Gasteiger partial charge in [0, 0.05) is 16.6 Å². The first kappa shape index (κ1) is 17.2. The average molecular weight is 393 g/mol. The van der Waals surface area contributed by atoms with Crippen molar-refractivity contribution in [2.75, 3.05) is 12.5 Å². The Bertz CT molecular complexity index is 592. The molecule has 4 nitrogen and oxygen atoms in total. The third-order valence-corrected chi connectivity index (χ3v) is 4.38. The Labute approximate surface area is 141 Å². The molecule has 1 amide bonds. The average Bonchev–Trinajstić information content (AvgIpc) is 3.27. The number of rotatable bonds is 6. The molecule has 1 fully saturated rings. The van der Waals surface area contributed by atoms with Gasteiger partial charge in [-0.25, -0.2) is 9.18 Å². The van der Waals surface area contributed by atoms with Crippen molar-refractivity contribution < 1.29 is 18.7 Å². The van der Waals surface area contributed by atoms with Crippen LogP contribution in [0.1, 0.15) is 25.3 Å². The molecule has 0 radical (unpaired) electrons. The van der Waals surface area contributed by atoms with Crippen molar-refractivity contribution in [3.63, 3.8) is 0 Å². The minimum Gasteiger partial charge on any atom is -0.464 e. The minimum atomic E-state index is -0.999. The maximum atomic E-state index is 14.0. The summed E-state index contributed by atoms with van der Waals surface area (Å²) in [5.41, 5.74) is -0.668.